The van der Waals surface area contributed by atoms with Crippen molar-refractivity contribution in [3.05, 3.63) is 16.1 Å². The van der Waals surface area contributed by atoms with Crippen molar-refractivity contribution >= 4 is 17.2 Å². The molecule has 1 saturated heterocycles. The molecule has 1 unspecified atom stereocenters. The van der Waals surface area contributed by atoms with Crippen molar-refractivity contribution in [1.82, 2.24) is 15.6 Å². The Bertz CT molecular complexity index is 430. The molecule has 0 aromatic carbocycles. The molecule has 6 heteroatoms. The summed E-state index contributed by atoms with van der Waals surface area (Å²) >= 11 is 1.62. The fourth-order valence-electron chi connectivity index (χ4n) is 2.23. The van der Waals surface area contributed by atoms with Gasteiger partial charge in [0.1, 0.15) is 5.01 Å². The number of carbonyl (C=O) groups is 1. The van der Waals surface area contributed by atoms with Gasteiger partial charge in [-0.1, -0.05) is 0 Å². The summed E-state index contributed by atoms with van der Waals surface area (Å²) in [4.78, 5) is 17.3. The second kappa shape index (κ2) is 7.71. The van der Waals surface area contributed by atoms with E-state index >= 15 is 0 Å². The standard InChI is InChI=1S/C14H23N3O2S/c1-10-9-16-14(20-10)11(2)17-13(18)5-8-19-12-3-6-15-7-4-12/h9,11-12,15H,3-8H2,1-2H3,(H,17,18). The number of carbonyl (C=O) groups excluding carboxylic acids is 1. The second-order valence-electron chi connectivity index (χ2n) is 5.17. The van der Waals surface area contributed by atoms with E-state index in [1.54, 1.807) is 11.3 Å². The lowest BCUT2D eigenvalue weighted by Gasteiger charge is -2.22. The van der Waals surface area contributed by atoms with Crippen molar-refractivity contribution in [3.8, 4) is 0 Å². The van der Waals surface area contributed by atoms with Crippen LogP contribution in [0, 0.1) is 6.92 Å². The zero-order valence-electron chi connectivity index (χ0n) is 12.1. The van der Waals surface area contributed by atoms with E-state index in [0.717, 1.165) is 35.8 Å². The van der Waals surface area contributed by atoms with Gasteiger partial charge < -0.3 is 15.4 Å². The van der Waals surface area contributed by atoms with Gasteiger partial charge in [0.05, 0.1) is 18.8 Å². The van der Waals surface area contributed by atoms with E-state index in [1.807, 2.05) is 20.0 Å². The topological polar surface area (TPSA) is 63.2 Å². The van der Waals surface area contributed by atoms with Crippen molar-refractivity contribution in [1.29, 1.82) is 0 Å². The van der Waals surface area contributed by atoms with Gasteiger partial charge in [-0.25, -0.2) is 4.98 Å². The van der Waals surface area contributed by atoms with E-state index in [2.05, 4.69) is 15.6 Å². The summed E-state index contributed by atoms with van der Waals surface area (Å²) in [6.07, 6.45) is 4.64. The van der Waals surface area contributed by atoms with Crippen molar-refractivity contribution in [3.63, 3.8) is 0 Å². The van der Waals surface area contributed by atoms with E-state index in [-0.39, 0.29) is 11.9 Å². The first-order valence-corrected chi connectivity index (χ1v) is 8.01. The number of hydrogen-bond acceptors (Lipinski definition) is 5. The molecule has 0 saturated carbocycles. The molecule has 0 spiro atoms. The molecule has 2 heterocycles. The molecular weight excluding hydrogens is 274 g/mol. The third-order valence-electron chi connectivity index (χ3n) is 3.36. The number of aromatic nitrogens is 1. The van der Waals surface area contributed by atoms with Crippen LogP contribution in [-0.4, -0.2) is 36.7 Å². The van der Waals surface area contributed by atoms with Gasteiger partial charge >= 0.3 is 0 Å². The largest absolute Gasteiger partial charge is 0.378 e. The van der Waals surface area contributed by atoms with E-state index in [9.17, 15) is 4.79 Å². The van der Waals surface area contributed by atoms with Crippen LogP contribution in [0.4, 0.5) is 0 Å². The number of hydrogen-bond donors (Lipinski definition) is 2. The Morgan fingerprint density at radius 3 is 3.00 bits per heavy atom. The Morgan fingerprint density at radius 1 is 1.60 bits per heavy atom. The Labute approximate surface area is 124 Å². The number of piperidine rings is 1. The number of rotatable bonds is 6. The molecule has 20 heavy (non-hydrogen) atoms. The molecule has 1 aliphatic heterocycles. The second-order valence-corrected chi connectivity index (χ2v) is 6.43. The molecule has 2 rings (SSSR count). The van der Waals surface area contributed by atoms with Gasteiger partial charge in [-0.05, 0) is 39.8 Å². The third kappa shape index (κ3) is 4.85. The van der Waals surface area contributed by atoms with Crippen LogP contribution in [0.15, 0.2) is 6.20 Å². The van der Waals surface area contributed by atoms with Crippen molar-refractivity contribution in [2.24, 2.45) is 0 Å². The average Bonchev–Trinajstić information content (AvgIpc) is 2.87. The molecular formula is C14H23N3O2S. The first-order chi connectivity index (χ1) is 9.65. The highest BCUT2D eigenvalue weighted by atomic mass is 32.1. The summed E-state index contributed by atoms with van der Waals surface area (Å²) in [5.74, 6) is 0.0271. The lowest BCUT2D eigenvalue weighted by atomic mass is 10.1. The van der Waals surface area contributed by atoms with E-state index in [4.69, 9.17) is 4.74 Å². The van der Waals surface area contributed by atoms with Gasteiger partial charge in [-0.2, -0.15) is 0 Å². The quantitative estimate of drug-likeness (QED) is 0.840. The van der Waals surface area contributed by atoms with Crippen molar-refractivity contribution < 1.29 is 9.53 Å². The third-order valence-corrected chi connectivity index (χ3v) is 4.45. The molecule has 0 aliphatic carbocycles. The number of nitrogens with one attached hydrogen (secondary N) is 2. The van der Waals surface area contributed by atoms with Crippen LogP contribution in [0.2, 0.25) is 0 Å². The highest BCUT2D eigenvalue weighted by molar-refractivity contribution is 7.11. The lowest BCUT2D eigenvalue weighted by molar-refractivity contribution is -0.123. The van der Waals surface area contributed by atoms with Crippen molar-refractivity contribution in [2.75, 3.05) is 19.7 Å². The van der Waals surface area contributed by atoms with Gasteiger partial charge in [-0.3, -0.25) is 4.79 Å². The number of aryl methyl sites for hydroxylation is 1. The maximum atomic E-state index is 11.8. The molecule has 1 aromatic heterocycles. The molecule has 2 N–H and O–H groups in total. The molecule has 112 valence electrons. The van der Waals surface area contributed by atoms with Crippen LogP contribution in [0.3, 0.4) is 0 Å². The predicted octanol–water partition coefficient (Wildman–Crippen LogP) is 1.79. The summed E-state index contributed by atoms with van der Waals surface area (Å²) in [5.41, 5.74) is 0. The highest BCUT2D eigenvalue weighted by Gasteiger charge is 2.15. The lowest BCUT2D eigenvalue weighted by Crippen LogP contribution is -2.33. The van der Waals surface area contributed by atoms with Gasteiger partial charge in [0.2, 0.25) is 5.91 Å². The fourth-order valence-corrected chi connectivity index (χ4v) is 3.00. The first-order valence-electron chi connectivity index (χ1n) is 7.19. The van der Waals surface area contributed by atoms with Crippen LogP contribution in [0.5, 0.6) is 0 Å². The Balaban J connectivity index is 1.64. The molecule has 0 bridgehead atoms. The van der Waals surface area contributed by atoms with Gasteiger partial charge in [0.25, 0.3) is 0 Å². The van der Waals surface area contributed by atoms with E-state index in [0.29, 0.717) is 19.1 Å². The fraction of sp³-hybridized carbons (Fsp3) is 0.714. The maximum absolute atomic E-state index is 11.8. The molecule has 1 atom stereocenters. The highest BCUT2D eigenvalue weighted by Crippen LogP contribution is 2.18. The van der Waals surface area contributed by atoms with E-state index < -0.39 is 0 Å². The minimum atomic E-state index is -0.0277. The Morgan fingerprint density at radius 2 is 2.35 bits per heavy atom. The first kappa shape index (κ1) is 15.4. The summed E-state index contributed by atoms with van der Waals surface area (Å²) in [5, 5.41) is 7.21. The smallest absolute Gasteiger partial charge is 0.222 e. The number of nitrogens with zero attached hydrogens (tertiary/aromatic N) is 1. The predicted molar refractivity (Wildman–Crippen MR) is 79.9 cm³/mol. The van der Waals surface area contributed by atoms with Gasteiger partial charge in [0, 0.05) is 17.5 Å². The summed E-state index contributed by atoms with van der Waals surface area (Å²) in [7, 11) is 0. The van der Waals surface area contributed by atoms with Crippen LogP contribution in [0.1, 0.15) is 42.1 Å². The number of amides is 1. The molecule has 1 fully saturated rings. The zero-order valence-corrected chi connectivity index (χ0v) is 13.0. The summed E-state index contributed by atoms with van der Waals surface area (Å²) < 4.78 is 5.73. The minimum absolute atomic E-state index is 0.0271. The van der Waals surface area contributed by atoms with Crippen LogP contribution in [-0.2, 0) is 9.53 Å². The van der Waals surface area contributed by atoms with Crippen molar-refractivity contribution in [2.45, 2.75) is 45.3 Å². The van der Waals surface area contributed by atoms with E-state index in [1.165, 1.54) is 0 Å². The minimum Gasteiger partial charge on any atom is -0.378 e. The molecule has 1 aromatic rings. The van der Waals surface area contributed by atoms with Crippen LogP contribution >= 0.6 is 11.3 Å². The molecule has 5 nitrogen and oxygen atoms in total. The normalized spacial score (nSPS) is 17.9. The van der Waals surface area contributed by atoms with Gasteiger partial charge in [-0.15, -0.1) is 11.3 Å². The van der Waals surface area contributed by atoms with Crippen LogP contribution < -0.4 is 10.6 Å². The van der Waals surface area contributed by atoms with Crippen LogP contribution in [0.25, 0.3) is 0 Å². The summed E-state index contributed by atoms with van der Waals surface area (Å²) in [6, 6.07) is -0.0277. The average molecular weight is 297 g/mol. The number of thiazole rings is 1. The molecule has 0 radical (unpaired) electrons. The zero-order chi connectivity index (χ0) is 14.4. The monoisotopic (exact) mass is 297 g/mol. The molecule has 1 amide bonds. The maximum Gasteiger partial charge on any atom is 0.222 e. The number of ether oxygens (including phenoxy) is 1. The van der Waals surface area contributed by atoms with Gasteiger partial charge in [0.15, 0.2) is 0 Å². The molecule has 1 aliphatic rings. The Kier molecular flexibility index (Phi) is 5.94. The Hall–Kier alpha value is -0.980. The summed E-state index contributed by atoms with van der Waals surface area (Å²) in [6.45, 7) is 6.50. The SMILES string of the molecule is Cc1cnc(C(C)NC(=O)CCOC2CCNCC2)s1.